The Morgan fingerprint density at radius 2 is 2.12 bits per heavy atom. The van der Waals surface area contributed by atoms with Crippen LogP contribution in [0.2, 0.25) is 0 Å². The van der Waals surface area contributed by atoms with Gasteiger partial charge in [0.15, 0.2) is 0 Å². The molecule has 0 unspecified atom stereocenters. The van der Waals surface area contributed by atoms with Gasteiger partial charge in [-0.3, -0.25) is 4.90 Å². The average Bonchev–Trinajstić information content (AvgIpc) is 3.13. The Hall–Kier alpha value is -1.33. The maximum atomic E-state index is 9.05. The summed E-state index contributed by atoms with van der Waals surface area (Å²) in [5.74, 6) is 0. The van der Waals surface area contributed by atoms with E-state index in [4.69, 9.17) is 5.26 Å². The van der Waals surface area contributed by atoms with Crippen LogP contribution >= 0.6 is 0 Å². The number of nitriles is 1. The van der Waals surface area contributed by atoms with Gasteiger partial charge in [-0.1, -0.05) is 25.1 Å². The van der Waals surface area contributed by atoms with Gasteiger partial charge in [-0.25, -0.2) is 0 Å². The first-order chi connectivity index (χ1) is 7.85. The summed E-state index contributed by atoms with van der Waals surface area (Å²) in [6.45, 7) is 4.29. The fourth-order valence-corrected chi connectivity index (χ4v) is 2.10. The average molecular weight is 214 g/mol. The molecule has 1 aromatic carbocycles. The van der Waals surface area contributed by atoms with E-state index in [1.54, 1.807) is 0 Å². The molecule has 2 rings (SSSR count). The third-order valence-corrected chi connectivity index (χ3v) is 3.09. The zero-order valence-corrected chi connectivity index (χ0v) is 9.82. The molecule has 0 saturated heterocycles. The molecule has 0 N–H and O–H groups in total. The quantitative estimate of drug-likeness (QED) is 0.753. The second-order valence-corrected chi connectivity index (χ2v) is 4.47. The lowest BCUT2D eigenvalue weighted by Crippen LogP contribution is -2.26. The minimum Gasteiger partial charge on any atom is -0.296 e. The SMILES string of the molecule is CCCN(Cc1ccccc1C#N)C1CC1. The molecule has 0 heterocycles. The molecular weight excluding hydrogens is 196 g/mol. The van der Waals surface area contributed by atoms with Crippen LogP contribution in [0.3, 0.4) is 0 Å². The predicted octanol–water partition coefficient (Wildman–Crippen LogP) is 2.93. The van der Waals surface area contributed by atoms with E-state index in [2.05, 4.69) is 24.0 Å². The number of benzene rings is 1. The number of hydrogen-bond acceptors (Lipinski definition) is 2. The molecule has 84 valence electrons. The second kappa shape index (κ2) is 5.14. The highest BCUT2D eigenvalue weighted by Crippen LogP contribution is 2.28. The van der Waals surface area contributed by atoms with E-state index in [0.29, 0.717) is 0 Å². The lowest BCUT2D eigenvalue weighted by molar-refractivity contribution is 0.255. The van der Waals surface area contributed by atoms with E-state index in [1.165, 1.54) is 24.8 Å². The molecule has 0 aromatic heterocycles. The summed E-state index contributed by atoms with van der Waals surface area (Å²) < 4.78 is 0. The Labute approximate surface area is 97.5 Å². The summed E-state index contributed by atoms with van der Waals surface area (Å²) in [5.41, 5.74) is 2.00. The van der Waals surface area contributed by atoms with E-state index >= 15 is 0 Å². The molecule has 0 bridgehead atoms. The lowest BCUT2D eigenvalue weighted by atomic mass is 10.1. The van der Waals surface area contributed by atoms with E-state index in [9.17, 15) is 0 Å². The molecule has 1 aliphatic rings. The Balaban J connectivity index is 2.09. The first-order valence-corrected chi connectivity index (χ1v) is 6.07. The van der Waals surface area contributed by atoms with Crippen molar-refractivity contribution in [3.05, 3.63) is 35.4 Å². The molecular formula is C14H18N2. The highest BCUT2D eigenvalue weighted by Gasteiger charge is 2.28. The van der Waals surface area contributed by atoms with Crippen LogP contribution in [0, 0.1) is 11.3 Å². The molecule has 1 aromatic rings. The second-order valence-electron chi connectivity index (χ2n) is 4.47. The lowest BCUT2D eigenvalue weighted by Gasteiger charge is -2.21. The molecule has 1 aliphatic carbocycles. The third kappa shape index (κ3) is 2.62. The van der Waals surface area contributed by atoms with Crippen molar-refractivity contribution in [2.24, 2.45) is 0 Å². The fraction of sp³-hybridized carbons (Fsp3) is 0.500. The molecule has 0 radical (unpaired) electrons. The summed E-state index contributed by atoms with van der Waals surface area (Å²) in [7, 11) is 0. The molecule has 0 amide bonds. The standard InChI is InChI=1S/C14H18N2/c1-2-9-16(14-7-8-14)11-13-6-4-3-5-12(13)10-15/h3-6,14H,2,7-9,11H2,1H3. The molecule has 16 heavy (non-hydrogen) atoms. The topological polar surface area (TPSA) is 27.0 Å². The normalized spacial score (nSPS) is 15.1. The largest absolute Gasteiger partial charge is 0.296 e. The van der Waals surface area contributed by atoms with Gasteiger partial charge in [-0.15, -0.1) is 0 Å². The Bertz CT molecular complexity index is 388. The van der Waals surface area contributed by atoms with Crippen LogP contribution in [-0.2, 0) is 6.54 Å². The van der Waals surface area contributed by atoms with Crippen molar-refractivity contribution in [1.82, 2.24) is 4.90 Å². The van der Waals surface area contributed by atoms with Gasteiger partial charge in [-0.2, -0.15) is 5.26 Å². The van der Waals surface area contributed by atoms with Crippen molar-refractivity contribution >= 4 is 0 Å². The minimum absolute atomic E-state index is 0.770. The van der Waals surface area contributed by atoms with Crippen molar-refractivity contribution < 1.29 is 0 Å². The van der Waals surface area contributed by atoms with Crippen LogP contribution in [0.25, 0.3) is 0 Å². The van der Waals surface area contributed by atoms with Gasteiger partial charge in [0.1, 0.15) is 0 Å². The molecule has 1 saturated carbocycles. The van der Waals surface area contributed by atoms with E-state index < -0.39 is 0 Å². The molecule has 0 spiro atoms. The van der Waals surface area contributed by atoms with Gasteiger partial charge < -0.3 is 0 Å². The molecule has 2 heteroatoms. The van der Waals surface area contributed by atoms with E-state index in [1.807, 2.05) is 18.2 Å². The minimum atomic E-state index is 0.770. The zero-order valence-electron chi connectivity index (χ0n) is 9.82. The summed E-state index contributed by atoms with van der Waals surface area (Å²) in [6.07, 6.45) is 3.84. The van der Waals surface area contributed by atoms with Gasteiger partial charge in [0.25, 0.3) is 0 Å². The maximum Gasteiger partial charge on any atom is 0.0995 e. The maximum absolute atomic E-state index is 9.05. The van der Waals surface area contributed by atoms with Gasteiger partial charge >= 0.3 is 0 Å². The number of hydrogen-bond donors (Lipinski definition) is 0. The zero-order chi connectivity index (χ0) is 11.4. The van der Waals surface area contributed by atoms with Crippen LogP contribution in [-0.4, -0.2) is 17.5 Å². The first kappa shape index (κ1) is 11.2. The van der Waals surface area contributed by atoms with Crippen LogP contribution in [0.1, 0.15) is 37.3 Å². The van der Waals surface area contributed by atoms with Gasteiger partial charge in [0.05, 0.1) is 11.6 Å². The highest BCUT2D eigenvalue weighted by atomic mass is 15.2. The monoisotopic (exact) mass is 214 g/mol. The van der Waals surface area contributed by atoms with Crippen LogP contribution < -0.4 is 0 Å². The number of rotatable bonds is 5. The van der Waals surface area contributed by atoms with E-state index in [-0.39, 0.29) is 0 Å². The van der Waals surface area contributed by atoms with Gasteiger partial charge in [0.2, 0.25) is 0 Å². The smallest absolute Gasteiger partial charge is 0.0995 e. The summed E-state index contributed by atoms with van der Waals surface area (Å²) in [4.78, 5) is 2.51. The predicted molar refractivity (Wildman–Crippen MR) is 64.9 cm³/mol. The molecule has 2 nitrogen and oxygen atoms in total. The Morgan fingerprint density at radius 3 is 2.75 bits per heavy atom. The van der Waals surface area contributed by atoms with Crippen molar-refractivity contribution in [2.75, 3.05) is 6.54 Å². The summed E-state index contributed by atoms with van der Waals surface area (Å²) in [6, 6.07) is 11.0. The van der Waals surface area contributed by atoms with Crippen molar-refractivity contribution in [1.29, 1.82) is 5.26 Å². The molecule has 1 fully saturated rings. The molecule has 0 atom stereocenters. The Morgan fingerprint density at radius 1 is 1.38 bits per heavy atom. The Kier molecular flexibility index (Phi) is 3.58. The van der Waals surface area contributed by atoms with Crippen molar-refractivity contribution in [3.8, 4) is 6.07 Å². The number of nitrogens with zero attached hydrogens (tertiary/aromatic N) is 2. The summed E-state index contributed by atoms with van der Waals surface area (Å²) >= 11 is 0. The fourth-order valence-electron chi connectivity index (χ4n) is 2.10. The van der Waals surface area contributed by atoms with Crippen molar-refractivity contribution in [3.63, 3.8) is 0 Å². The van der Waals surface area contributed by atoms with Crippen LogP contribution in [0.4, 0.5) is 0 Å². The first-order valence-electron chi connectivity index (χ1n) is 6.07. The highest BCUT2D eigenvalue weighted by molar-refractivity contribution is 5.37. The van der Waals surface area contributed by atoms with Crippen LogP contribution in [0.5, 0.6) is 0 Å². The van der Waals surface area contributed by atoms with Crippen LogP contribution in [0.15, 0.2) is 24.3 Å². The third-order valence-electron chi connectivity index (χ3n) is 3.09. The van der Waals surface area contributed by atoms with Gasteiger partial charge in [0, 0.05) is 12.6 Å². The van der Waals surface area contributed by atoms with Crippen molar-refractivity contribution in [2.45, 2.75) is 38.8 Å². The van der Waals surface area contributed by atoms with Gasteiger partial charge in [-0.05, 0) is 37.4 Å². The molecule has 0 aliphatic heterocycles. The van der Waals surface area contributed by atoms with E-state index in [0.717, 1.165) is 24.7 Å². The summed E-state index contributed by atoms with van der Waals surface area (Å²) in [5, 5.41) is 9.05.